The Balaban J connectivity index is 3.06. The van der Waals surface area contributed by atoms with E-state index in [9.17, 15) is 9.59 Å². The average molecular weight is 262 g/mol. The van der Waals surface area contributed by atoms with E-state index in [1.807, 2.05) is 6.92 Å². The fourth-order valence-corrected chi connectivity index (χ4v) is 1.68. The van der Waals surface area contributed by atoms with Crippen molar-refractivity contribution >= 4 is 11.8 Å². The van der Waals surface area contributed by atoms with Crippen LogP contribution in [0.5, 0.6) is 5.75 Å². The summed E-state index contributed by atoms with van der Waals surface area (Å²) < 4.78 is 5.17. The van der Waals surface area contributed by atoms with Crippen LogP contribution >= 0.6 is 0 Å². The molecule has 0 saturated heterocycles. The molecule has 102 valence electrons. The third-order valence-corrected chi connectivity index (χ3v) is 2.87. The van der Waals surface area contributed by atoms with Crippen molar-refractivity contribution in [1.29, 1.82) is 0 Å². The van der Waals surface area contributed by atoms with Crippen molar-refractivity contribution in [2.45, 2.75) is 27.2 Å². The lowest BCUT2D eigenvalue weighted by Crippen LogP contribution is -2.11. The van der Waals surface area contributed by atoms with E-state index in [0.717, 1.165) is 11.1 Å². The number of Topliss-reactive ketones (excluding diaryl/α,β-unsaturated/α-hetero) is 1. The van der Waals surface area contributed by atoms with Gasteiger partial charge in [0, 0.05) is 5.56 Å². The molecule has 0 radical (unpaired) electrons. The molecule has 1 aromatic rings. The van der Waals surface area contributed by atoms with Gasteiger partial charge in [-0.2, -0.15) is 0 Å². The number of carbonyl (C=O) groups is 2. The second-order valence-electron chi connectivity index (χ2n) is 4.40. The van der Waals surface area contributed by atoms with Crippen molar-refractivity contribution in [2.75, 3.05) is 6.61 Å². The highest BCUT2D eigenvalue weighted by Crippen LogP contribution is 2.24. The highest BCUT2D eigenvalue weighted by atomic mass is 16.5. The number of aliphatic carboxylic acids is 1. The van der Waals surface area contributed by atoms with E-state index in [2.05, 4.69) is 6.58 Å². The molecule has 0 aliphatic heterocycles. The summed E-state index contributed by atoms with van der Waals surface area (Å²) in [6, 6.07) is 3.41. The zero-order valence-electron chi connectivity index (χ0n) is 11.4. The largest absolute Gasteiger partial charge is 0.482 e. The van der Waals surface area contributed by atoms with E-state index in [1.165, 1.54) is 0 Å². The van der Waals surface area contributed by atoms with Gasteiger partial charge in [-0.15, -0.1) is 0 Å². The van der Waals surface area contributed by atoms with E-state index < -0.39 is 12.6 Å². The number of carboxylic acid groups (broad SMARTS) is 1. The zero-order chi connectivity index (χ0) is 14.6. The summed E-state index contributed by atoms with van der Waals surface area (Å²) in [6.07, 6.45) is 0.606. The molecule has 0 fully saturated rings. The first-order valence-corrected chi connectivity index (χ1v) is 6.05. The fourth-order valence-electron chi connectivity index (χ4n) is 1.68. The van der Waals surface area contributed by atoms with Crippen LogP contribution in [-0.2, 0) is 4.79 Å². The average Bonchev–Trinajstić information content (AvgIpc) is 2.37. The molecule has 0 aliphatic carbocycles. The fraction of sp³-hybridized carbons (Fsp3) is 0.333. The van der Waals surface area contributed by atoms with Crippen molar-refractivity contribution < 1.29 is 19.4 Å². The van der Waals surface area contributed by atoms with E-state index in [4.69, 9.17) is 9.84 Å². The molecule has 0 spiro atoms. The van der Waals surface area contributed by atoms with Gasteiger partial charge in [-0.1, -0.05) is 13.5 Å². The monoisotopic (exact) mass is 262 g/mol. The first kappa shape index (κ1) is 15.0. The van der Waals surface area contributed by atoms with Gasteiger partial charge in [0.15, 0.2) is 12.4 Å². The summed E-state index contributed by atoms with van der Waals surface area (Å²) in [5, 5.41) is 8.59. The molecule has 0 bridgehead atoms. The van der Waals surface area contributed by atoms with Crippen LogP contribution < -0.4 is 4.74 Å². The van der Waals surface area contributed by atoms with Crippen molar-refractivity contribution in [3.8, 4) is 5.75 Å². The van der Waals surface area contributed by atoms with Gasteiger partial charge in [0.2, 0.25) is 0 Å². The van der Waals surface area contributed by atoms with Crippen LogP contribution in [0.4, 0.5) is 0 Å². The summed E-state index contributed by atoms with van der Waals surface area (Å²) in [5.41, 5.74) is 2.64. The number of allylic oxidation sites excluding steroid dienone is 1. The summed E-state index contributed by atoms with van der Waals surface area (Å²) >= 11 is 0. The minimum atomic E-state index is -1.03. The molecule has 1 aromatic carbocycles. The SMILES string of the molecule is C=C(CC)C(=O)c1cc(C)c(OCC(=O)O)cc1C. The van der Waals surface area contributed by atoms with Crippen molar-refractivity contribution in [1.82, 2.24) is 0 Å². The maximum atomic E-state index is 12.1. The Bertz CT molecular complexity index is 529. The molecule has 1 rings (SSSR count). The van der Waals surface area contributed by atoms with Gasteiger partial charge < -0.3 is 9.84 Å². The quantitative estimate of drug-likeness (QED) is 0.632. The topological polar surface area (TPSA) is 63.6 Å². The molecule has 4 nitrogen and oxygen atoms in total. The standard InChI is InChI=1S/C15H18O4/c1-5-9(2)15(18)12-6-11(4)13(7-10(12)3)19-8-14(16)17/h6-7H,2,5,8H2,1,3-4H3,(H,16,17). The first-order valence-electron chi connectivity index (χ1n) is 6.05. The van der Waals surface area contributed by atoms with Crippen molar-refractivity contribution in [3.63, 3.8) is 0 Å². The number of hydrogen-bond donors (Lipinski definition) is 1. The summed E-state index contributed by atoms with van der Waals surface area (Å²) in [5.74, 6) is -0.622. The maximum Gasteiger partial charge on any atom is 0.341 e. The highest BCUT2D eigenvalue weighted by molar-refractivity contribution is 6.09. The second kappa shape index (κ2) is 6.18. The molecular formula is C15H18O4. The van der Waals surface area contributed by atoms with E-state index in [-0.39, 0.29) is 5.78 Å². The molecule has 0 atom stereocenters. The molecule has 0 unspecified atom stereocenters. The predicted molar refractivity (Wildman–Crippen MR) is 72.8 cm³/mol. The van der Waals surface area contributed by atoms with E-state index in [1.54, 1.807) is 26.0 Å². The molecule has 0 aliphatic rings. The Morgan fingerprint density at radius 3 is 2.42 bits per heavy atom. The number of ketones is 1. The number of carboxylic acids is 1. The van der Waals surface area contributed by atoms with Gasteiger partial charge in [-0.25, -0.2) is 4.79 Å². The lowest BCUT2D eigenvalue weighted by Gasteiger charge is -2.12. The summed E-state index contributed by atoms with van der Waals surface area (Å²) in [7, 11) is 0. The number of aryl methyl sites for hydroxylation is 2. The van der Waals surface area contributed by atoms with Crippen LogP contribution in [0.25, 0.3) is 0 Å². The molecule has 0 saturated carbocycles. The maximum absolute atomic E-state index is 12.1. The normalized spacial score (nSPS) is 10.1. The van der Waals surface area contributed by atoms with Gasteiger partial charge in [-0.05, 0) is 49.1 Å². The predicted octanol–water partition coefficient (Wildman–Crippen LogP) is 2.92. The minimum Gasteiger partial charge on any atom is -0.482 e. The minimum absolute atomic E-state index is 0.0760. The number of rotatable bonds is 6. The summed E-state index contributed by atoms with van der Waals surface area (Å²) in [6.45, 7) is 8.81. The molecule has 19 heavy (non-hydrogen) atoms. The number of carbonyl (C=O) groups excluding carboxylic acids is 1. The van der Waals surface area contributed by atoms with Gasteiger partial charge in [-0.3, -0.25) is 4.79 Å². The third kappa shape index (κ3) is 3.68. The Labute approximate surface area is 112 Å². The van der Waals surface area contributed by atoms with Gasteiger partial charge in [0.1, 0.15) is 5.75 Å². The van der Waals surface area contributed by atoms with Gasteiger partial charge in [0.05, 0.1) is 0 Å². The summed E-state index contributed by atoms with van der Waals surface area (Å²) in [4.78, 5) is 22.6. The zero-order valence-corrected chi connectivity index (χ0v) is 11.4. The Kier molecular flexibility index (Phi) is 4.87. The Morgan fingerprint density at radius 2 is 1.89 bits per heavy atom. The van der Waals surface area contributed by atoms with Crippen LogP contribution in [0.1, 0.15) is 34.8 Å². The molecule has 4 heteroatoms. The van der Waals surface area contributed by atoms with E-state index in [0.29, 0.717) is 23.3 Å². The number of ether oxygens (including phenoxy) is 1. The van der Waals surface area contributed by atoms with Crippen LogP contribution in [0.3, 0.4) is 0 Å². The van der Waals surface area contributed by atoms with Gasteiger partial charge >= 0.3 is 5.97 Å². The number of benzene rings is 1. The lowest BCUT2D eigenvalue weighted by atomic mass is 9.96. The second-order valence-corrected chi connectivity index (χ2v) is 4.40. The first-order chi connectivity index (χ1) is 8.86. The highest BCUT2D eigenvalue weighted by Gasteiger charge is 2.14. The third-order valence-electron chi connectivity index (χ3n) is 2.87. The smallest absolute Gasteiger partial charge is 0.341 e. The van der Waals surface area contributed by atoms with Crippen LogP contribution in [0.2, 0.25) is 0 Å². The van der Waals surface area contributed by atoms with Gasteiger partial charge in [0.25, 0.3) is 0 Å². The van der Waals surface area contributed by atoms with Crippen LogP contribution in [0.15, 0.2) is 24.3 Å². The molecule has 0 aromatic heterocycles. The molecule has 1 N–H and O–H groups in total. The molecular weight excluding hydrogens is 244 g/mol. The Hall–Kier alpha value is -2.10. The molecule has 0 heterocycles. The number of hydrogen-bond acceptors (Lipinski definition) is 3. The van der Waals surface area contributed by atoms with Crippen molar-refractivity contribution in [3.05, 3.63) is 41.0 Å². The van der Waals surface area contributed by atoms with E-state index >= 15 is 0 Å². The molecule has 0 amide bonds. The van der Waals surface area contributed by atoms with Crippen LogP contribution in [0, 0.1) is 13.8 Å². The van der Waals surface area contributed by atoms with Crippen molar-refractivity contribution in [2.24, 2.45) is 0 Å². The lowest BCUT2D eigenvalue weighted by molar-refractivity contribution is -0.139. The van der Waals surface area contributed by atoms with Crippen LogP contribution in [-0.4, -0.2) is 23.5 Å². The Morgan fingerprint density at radius 1 is 1.26 bits per heavy atom.